The van der Waals surface area contributed by atoms with Gasteiger partial charge in [0.15, 0.2) is 0 Å². The highest BCUT2D eigenvalue weighted by Gasteiger charge is 2.04. The van der Waals surface area contributed by atoms with E-state index in [4.69, 9.17) is 0 Å². The Kier molecular flexibility index (Phi) is 4.10. The third kappa shape index (κ3) is 3.53. The summed E-state index contributed by atoms with van der Waals surface area (Å²) in [6.45, 7) is 2.06. The van der Waals surface area contributed by atoms with Crippen LogP contribution in [0.25, 0.3) is 0 Å². The van der Waals surface area contributed by atoms with Crippen molar-refractivity contribution < 1.29 is 4.21 Å². The van der Waals surface area contributed by atoms with Crippen molar-refractivity contribution >= 4 is 10.8 Å². The first-order valence-electron chi connectivity index (χ1n) is 5.69. The largest absolute Gasteiger partial charge is 0.259 e. The van der Waals surface area contributed by atoms with E-state index in [0.29, 0.717) is 11.5 Å². The molecule has 2 rings (SSSR count). The molecule has 0 aliphatic carbocycles. The quantitative estimate of drug-likeness (QED) is 0.805. The van der Waals surface area contributed by atoms with Gasteiger partial charge in [0.1, 0.15) is 0 Å². The van der Waals surface area contributed by atoms with E-state index in [1.54, 1.807) is 0 Å². The summed E-state index contributed by atoms with van der Waals surface area (Å²) in [6.07, 6.45) is 0. The first kappa shape index (κ1) is 12.1. The lowest BCUT2D eigenvalue weighted by atomic mass is 10.1. The van der Waals surface area contributed by atoms with Crippen LogP contribution in [0.15, 0.2) is 54.6 Å². The minimum atomic E-state index is -0.832. The minimum absolute atomic E-state index is 0.634. The molecular formula is C15H16OS. The molecule has 2 heteroatoms. The molecule has 0 spiro atoms. The van der Waals surface area contributed by atoms with Crippen LogP contribution in [0.4, 0.5) is 0 Å². The lowest BCUT2D eigenvalue weighted by molar-refractivity contribution is 0.682. The summed E-state index contributed by atoms with van der Waals surface area (Å²) in [4.78, 5) is 0. The summed E-state index contributed by atoms with van der Waals surface area (Å²) in [6, 6.07) is 18.1. The number of hydrogen-bond donors (Lipinski definition) is 0. The molecule has 0 fully saturated rings. The van der Waals surface area contributed by atoms with Gasteiger partial charge in [-0.2, -0.15) is 0 Å². The zero-order valence-electron chi connectivity index (χ0n) is 9.93. The van der Waals surface area contributed by atoms with E-state index in [1.807, 2.05) is 42.5 Å². The maximum atomic E-state index is 12.0. The highest BCUT2D eigenvalue weighted by atomic mass is 32.2. The molecule has 1 nitrogen and oxygen atoms in total. The summed E-state index contributed by atoms with van der Waals surface area (Å²) in [5.74, 6) is 1.27. The molecule has 0 aliphatic rings. The van der Waals surface area contributed by atoms with Crippen LogP contribution in [0.3, 0.4) is 0 Å². The van der Waals surface area contributed by atoms with Crippen molar-refractivity contribution in [3.63, 3.8) is 0 Å². The Balaban J connectivity index is 2.01. The topological polar surface area (TPSA) is 17.1 Å². The van der Waals surface area contributed by atoms with E-state index in [2.05, 4.69) is 19.1 Å². The Labute approximate surface area is 105 Å². The zero-order chi connectivity index (χ0) is 12.1. The Bertz CT molecular complexity index is 505. The van der Waals surface area contributed by atoms with Gasteiger partial charge in [-0.3, -0.25) is 4.21 Å². The summed E-state index contributed by atoms with van der Waals surface area (Å²) in [5.41, 5.74) is 3.54. The molecule has 17 heavy (non-hydrogen) atoms. The van der Waals surface area contributed by atoms with Crippen molar-refractivity contribution in [3.05, 3.63) is 71.3 Å². The molecule has 0 heterocycles. The molecule has 1 unspecified atom stereocenters. The van der Waals surface area contributed by atoms with E-state index < -0.39 is 10.8 Å². The molecule has 88 valence electrons. The second kappa shape index (κ2) is 5.78. The fourth-order valence-electron chi connectivity index (χ4n) is 1.76. The van der Waals surface area contributed by atoms with E-state index in [1.165, 1.54) is 11.1 Å². The lowest BCUT2D eigenvalue weighted by Gasteiger charge is -2.05. The van der Waals surface area contributed by atoms with Crippen molar-refractivity contribution in [3.8, 4) is 0 Å². The van der Waals surface area contributed by atoms with Gasteiger partial charge < -0.3 is 0 Å². The SMILES string of the molecule is Cc1ccccc1CS(=O)Cc1ccccc1. The summed E-state index contributed by atoms with van der Waals surface area (Å²) >= 11 is 0. The average Bonchev–Trinajstić information content (AvgIpc) is 2.33. The van der Waals surface area contributed by atoms with Gasteiger partial charge in [-0.1, -0.05) is 54.6 Å². The fourth-order valence-corrected chi connectivity index (χ4v) is 3.09. The van der Waals surface area contributed by atoms with Crippen LogP contribution in [-0.2, 0) is 22.3 Å². The molecule has 0 aliphatic heterocycles. The van der Waals surface area contributed by atoms with Crippen molar-refractivity contribution in [1.29, 1.82) is 0 Å². The molecule has 0 bridgehead atoms. The van der Waals surface area contributed by atoms with Gasteiger partial charge in [0.2, 0.25) is 0 Å². The number of benzene rings is 2. The van der Waals surface area contributed by atoms with Crippen LogP contribution in [0.2, 0.25) is 0 Å². The van der Waals surface area contributed by atoms with Crippen LogP contribution in [0, 0.1) is 6.92 Å². The van der Waals surface area contributed by atoms with Crippen molar-refractivity contribution in [2.75, 3.05) is 0 Å². The predicted octanol–water partition coefficient (Wildman–Crippen LogP) is 3.44. The van der Waals surface area contributed by atoms with Gasteiger partial charge >= 0.3 is 0 Å². The Morgan fingerprint density at radius 2 is 1.53 bits per heavy atom. The Morgan fingerprint density at radius 3 is 2.24 bits per heavy atom. The van der Waals surface area contributed by atoms with Gasteiger partial charge in [-0.15, -0.1) is 0 Å². The van der Waals surface area contributed by atoms with E-state index >= 15 is 0 Å². The zero-order valence-corrected chi connectivity index (χ0v) is 10.7. The second-order valence-electron chi connectivity index (χ2n) is 4.14. The van der Waals surface area contributed by atoms with Crippen LogP contribution >= 0.6 is 0 Å². The van der Waals surface area contributed by atoms with Crippen LogP contribution < -0.4 is 0 Å². The Hall–Kier alpha value is -1.41. The summed E-state index contributed by atoms with van der Waals surface area (Å²) in [7, 11) is -0.832. The van der Waals surface area contributed by atoms with Gasteiger partial charge in [0, 0.05) is 22.3 Å². The maximum Gasteiger partial charge on any atom is 0.0491 e. The number of aryl methyl sites for hydroxylation is 1. The molecule has 2 aromatic rings. The van der Waals surface area contributed by atoms with Crippen LogP contribution in [0.5, 0.6) is 0 Å². The molecule has 0 saturated heterocycles. The summed E-state index contributed by atoms with van der Waals surface area (Å²) < 4.78 is 12.0. The van der Waals surface area contributed by atoms with Crippen LogP contribution in [-0.4, -0.2) is 4.21 Å². The van der Waals surface area contributed by atoms with Gasteiger partial charge in [0.25, 0.3) is 0 Å². The molecule has 0 radical (unpaired) electrons. The standard InChI is InChI=1S/C15H16OS/c1-13-7-5-6-10-15(13)12-17(16)11-14-8-3-2-4-9-14/h2-10H,11-12H2,1H3. The third-order valence-electron chi connectivity index (χ3n) is 2.75. The van der Waals surface area contributed by atoms with Gasteiger partial charge in [-0.25, -0.2) is 0 Å². The van der Waals surface area contributed by atoms with E-state index in [9.17, 15) is 4.21 Å². The maximum absolute atomic E-state index is 12.0. The molecule has 2 aromatic carbocycles. The normalized spacial score (nSPS) is 12.3. The molecular weight excluding hydrogens is 228 g/mol. The number of rotatable bonds is 4. The highest BCUT2D eigenvalue weighted by Crippen LogP contribution is 2.12. The second-order valence-corrected chi connectivity index (χ2v) is 5.60. The average molecular weight is 244 g/mol. The molecule has 0 aromatic heterocycles. The van der Waals surface area contributed by atoms with Crippen molar-refractivity contribution in [2.24, 2.45) is 0 Å². The monoisotopic (exact) mass is 244 g/mol. The first-order chi connectivity index (χ1) is 8.25. The fraction of sp³-hybridized carbons (Fsp3) is 0.200. The molecule has 1 atom stereocenters. The Morgan fingerprint density at radius 1 is 0.882 bits per heavy atom. The van der Waals surface area contributed by atoms with Crippen molar-refractivity contribution in [2.45, 2.75) is 18.4 Å². The van der Waals surface area contributed by atoms with Crippen molar-refractivity contribution in [1.82, 2.24) is 0 Å². The third-order valence-corrected chi connectivity index (χ3v) is 4.04. The lowest BCUT2D eigenvalue weighted by Crippen LogP contribution is -2.00. The van der Waals surface area contributed by atoms with Gasteiger partial charge in [0.05, 0.1) is 0 Å². The van der Waals surface area contributed by atoms with E-state index in [-0.39, 0.29) is 0 Å². The highest BCUT2D eigenvalue weighted by molar-refractivity contribution is 7.83. The first-order valence-corrected chi connectivity index (χ1v) is 7.18. The minimum Gasteiger partial charge on any atom is -0.259 e. The smallest absolute Gasteiger partial charge is 0.0491 e. The molecule has 0 amide bonds. The van der Waals surface area contributed by atoms with Crippen LogP contribution in [0.1, 0.15) is 16.7 Å². The predicted molar refractivity (Wildman–Crippen MR) is 73.2 cm³/mol. The summed E-state index contributed by atoms with van der Waals surface area (Å²) in [5, 5.41) is 0. The molecule has 0 saturated carbocycles. The van der Waals surface area contributed by atoms with Gasteiger partial charge in [-0.05, 0) is 23.6 Å². The molecule has 0 N–H and O–H groups in total. The number of hydrogen-bond acceptors (Lipinski definition) is 1. The van der Waals surface area contributed by atoms with E-state index in [0.717, 1.165) is 5.56 Å².